The second-order valence-electron chi connectivity index (χ2n) is 4.90. The topological polar surface area (TPSA) is 57.0 Å². The third-order valence-corrected chi connectivity index (χ3v) is 4.44. The van der Waals surface area contributed by atoms with E-state index in [0.29, 0.717) is 6.42 Å². The maximum Gasteiger partial charge on any atom is 0.246 e. The Kier molecular flexibility index (Phi) is 4.92. The van der Waals surface area contributed by atoms with Crippen LogP contribution in [0.1, 0.15) is 45.4 Å². The van der Waals surface area contributed by atoms with Crippen molar-refractivity contribution < 1.29 is 4.79 Å². The standard InChI is InChI=1S/C14H19N3OS/c1-2-11(10-15)13(18)17(14-16-8-9-19-14)12-6-4-3-5-7-12/h8-9,11-12H,2-7H2,1H3. The molecule has 2 rings (SSSR count). The summed E-state index contributed by atoms with van der Waals surface area (Å²) in [5.41, 5.74) is 0. The SMILES string of the molecule is CCC(C#N)C(=O)N(c1nccs1)C1CCCCC1. The van der Waals surface area contributed by atoms with Gasteiger partial charge in [0.15, 0.2) is 5.13 Å². The molecular formula is C14H19N3OS. The second-order valence-corrected chi connectivity index (χ2v) is 5.78. The highest BCUT2D eigenvalue weighted by atomic mass is 32.1. The van der Waals surface area contributed by atoms with Crippen molar-refractivity contribution in [2.24, 2.45) is 5.92 Å². The predicted molar refractivity (Wildman–Crippen MR) is 75.9 cm³/mol. The first kappa shape index (κ1) is 14.0. The third-order valence-electron chi connectivity index (χ3n) is 3.66. The smallest absolute Gasteiger partial charge is 0.246 e. The Morgan fingerprint density at radius 1 is 1.58 bits per heavy atom. The van der Waals surface area contributed by atoms with Gasteiger partial charge in [0.25, 0.3) is 0 Å². The number of thiazole rings is 1. The van der Waals surface area contributed by atoms with E-state index in [9.17, 15) is 4.79 Å². The van der Waals surface area contributed by atoms with Gasteiger partial charge in [0.2, 0.25) is 5.91 Å². The fourth-order valence-electron chi connectivity index (χ4n) is 2.59. The van der Waals surface area contributed by atoms with E-state index < -0.39 is 5.92 Å². The van der Waals surface area contributed by atoms with Crippen LogP contribution in [0.5, 0.6) is 0 Å². The molecule has 1 atom stereocenters. The van der Waals surface area contributed by atoms with Crippen molar-refractivity contribution in [1.29, 1.82) is 5.26 Å². The largest absolute Gasteiger partial charge is 0.284 e. The number of hydrogen-bond acceptors (Lipinski definition) is 4. The Bertz CT molecular complexity index is 446. The molecule has 4 nitrogen and oxygen atoms in total. The molecule has 1 heterocycles. The number of nitrogens with zero attached hydrogens (tertiary/aromatic N) is 3. The molecule has 1 amide bonds. The van der Waals surface area contributed by atoms with Crippen molar-refractivity contribution in [3.05, 3.63) is 11.6 Å². The van der Waals surface area contributed by atoms with Crippen LogP contribution in [0.2, 0.25) is 0 Å². The van der Waals surface area contributed by atoms with Crippen molar-refractivity contribution in [2.45, 2.75) is 51.5 Å². The van der Waals surface area contributed by atoms with Gasteiger partial charge < -0.3 is 0 Å². The summed E-state index contributed by atoms with van der Waals surface area (Å²) in [7, 11) is 0. The maximum atomic E-state index is 12.6. The quantitative estimate of drug-likeness (QED) is 0.848. The predicted octanol–water partition coefficient (Wildman–Crippen LogP) is 3.36. The molecule has 0 radical (unpaired) electrons. The Labute approximate surface area is 118 Å². The lowest BCUT2D eigenvalue weighted by atomic mass is 9.93. The minimum Gasteiger partial charge on any atom is -0.284 e. The second kappa shape index (κ2) is 6.67. The van der Waals surface area contributed by atoms with Gasteiger partial charge in [0, 0.05) is 17.6 Å². The average Bonchev–Trinajstić information content (AvgIpc) is 2.95. The van der Waals surface area contributed by atoms with E-state index in [1.165, 1.54) is 17.8 Å². The first-order valence-electron chi connectivity index (χ1n) is 6.90. The summed E-state index contributed by atoms with van der Waals surface area (Å²) in [5, 5.41) is 11.7. The van der Waals surface area contributed by atoms with Gasteiger partial charge in [-0.15, -0.1) is 11.3 Å². The number of carbonyl (C=O) groups excluding carboxylic acids is 1. The molecule has 19 heavy (non-hydrogen) atoms. The van der Waals surface area contributed by atoms with Crippen LogP contribution in [0.25, 0.3) is 0 Å². The van der Waals surface area contributed by atoms with Gasteiger partial charge in [-0.2, -0.15) is 5.26 Å². The Morgan fingerprint density at radius 2 is 2.32 bits per heavy atom. The van der Waals surface area contributed by atoms with Crippen molar-refractivity contribution in [1.82, 2.24) is 4.98 Å². The molecule has 0 aliphatic heterocycles. The van der Waals surface area contributed by atoms with Gasteiger partial charge in [-0.25, -0.2) is 4.98 Å². The highest BCUT2D eigenvalue weighted by Gasteiger charge is 2.32. The Hall–Kier alpha value is -1.41. The Morgan fingerprint density at radius 3 is 2.84 bits per heavy atom. The van der Waals surface area contributed by atoms with E-state index in [1.54, 1.807) is 11.1 Å². The first-order chi connectivity index (χ1) is 9.27. The zero-order valence-corrected chi connectivity index (χ0v) is 12.0. The van der Waals surface area contributed by atoms with E-state index in [4.69, 9.17) is 5.26 Å². The van der Waals surface area contributed by atoms with Gasteiger partial charge in [-0.3, -0.25) is 9.69 Å². The summed E-state index contributed by atoms with van der Waals surface area (Å²) in [4.78, 5) is 18.6. The van der Waals surface area contributed by atoms with Crippen LogP contribution in [0.4, 0.5) is 5.13 Å². The summed E-state index contributed by atoms with van der Waals surface area (Å²) >= 11 is 1.48. The van der Waals surface area contributed by atoms with E-state index in [-0.39, 0.29) is 11.9 Å². The molecule has 0 saturated heterocycles. The Balaban J connectivity index is 2.24. The first-order valence-corrected chi connectivity index (χ1v) is 7.78. The van der Waals surface area contributed by atoms with E-state index in [2.05, 4.69) is 11.1 Å². The molecule has 1 aromatic heterocycles. The van der Waals surface area contributed by atoms with E-state index in [0.717, 1.165) is 30.8 Å². The lowest BCUT2D eigenvalue weighted by molar-refractivity contribution is -0.121. The normalized spacial score (nSPS) is 17.7. The summed E-state index contributed by atoms with van der Waals surface area (Å²) in [6.07, 6.45) is 7.87. The molecule has 1 aliphatic carbocycles. The number of amides is 1. The van der Waals surface area contributed by atoms with Crippen molar-refractivity contribution >= 4 is 22.4 Å². The molecular weight excluding hydrogens is 258 g/mol. The summed E-state index contributed by atoms with van der Waals surface area (Å²) in [5.74, 6) is -0.627. The minimum absolute atomic E-state index is 0.0770. The lowest BCUT2D eigenvalue weighted by Gasteiger charge is -2.33. The molecule has 1 fully saturated rings. The number of anilines is 1. The summed E-state index contributed by atoms with van der Waals surface area (Å²) in [6.45, 7) is 1.88. The van der Waals surface area contributed by atoms with Crippen LogP contribution in [0.15, 0.2) is 11.6 Å². The van der Waals surface area contributed by atoms with E-state index in [1.807, 2.05) is 12.3 Å². The third kappa shape index (κ3) is 3.13. The maximum absolute atomic E-state index is 12.6. The van der Waals surface area contributed by atoms with Gasteiger partial charge in [0.05, 0.1) is 6.07 Å². The van der Waals surface area contributed by atoms with Crippen molar-refractivity contribution in [3.8, 4) is 6.07 Å². The summed E-state index contributed by atoms with van der Waals surface area (Å²) in [6, 6.07) is 2.34. The van der Waals surface area contributed by atoms with Crippen LogP contribution in [-0.2, 0) is 4.79 Å². The molecule has 1 aromatic rings. The highest BCUT2D eigenvalue weighted by molar-refractivity contribution is 7.13. The molecule has 1 aliphatic rings. The zero-order chi connectivity index (χ0) is 13.7. The number of nitriles is 1. The molecule has 0 aromatic carbocycles. The van der Waals surface area contributed by atoms with Crippen LogP contribution in [0.3, 0.4) is 0 Å². The van der Waals surface area contributed by atoms with Gasteiger partial charge in [-0.1, -0.05) is 26.2 Å². The monoisotopic (exact) mass is 277 g/mol. The van der Waals surface area contributed by atoms with Crippen molar-refractivity contribution in [2.75, 3.05) is 4.90 Å². The van der Waals surface area contributed by atoms with Crippen LogP contribution in [0, 0.1) is 17.2 Å². The molecule has 5 heteroatoms. The fourth-order valence-corrected chi connectivity index (χ4v) is 3.31. The summed E-state index contributed by atoms with van der Waals surface area (Å²) < 4.78 is 0. The highest BCUT2D eigenvalue weighted by Crippen LogP contribution is 2.30. The van der Waals surface area contributed by atoms with Gasteiger partial charge >= 0.3 is 0 Å². The average molecular weight is 277 g/mol. The van der Waals surface area contributed by atoms with Crippen molar-refractivity contribution in [3.63, 3.8) is 0 Å². The molecule has 102 valence electrons. The molecule has 0 spiro atoms. The van der Waals surface area contributed by atoms with Crippen LogP contribution in [-0.4, -0.2) is 16.9 Å². The molecule has 1 unspecified atom stereocenters. The minimum atomic E-state index is -0.550. The molecule has 0 bridgehead atoms. The number of carbonyl (C=O) groups is 1. The van der Waals surface area contributed by atoms with Crippen LogP contribution >= 0.6 is 11.3 Å². The number of hydrogen-bond donors (Lipinski definition) is 0. The van der Waals surface area contributed by atoms with Crippen LogP contribution < -0.4 is 4.90 Å². The zero-order valence-electron chi connectivity index (χ0n) is 11.2. The number of aromatic nitrogens is 1. The van der Waals surface area contributed by atoms with Gasteiger partial charge in [-0.05, 0) is 19.3 Å². The molecule has 1 saturated carbocycles. The molecule has 0 N–H and O–H groups in total. The van der Waals surface area contributed by atoms with Gasteiger partial charge in [0.1, 0.15) is 5.92 Å². The lowest BCUT2D eigenvalue weighted by Crippen LogP contribution is -2.44. The fraction of sp³-hybridized carbons (Fsp3) is 0.643. The number of rotatable bonds is 4. The van der Waals surface area contributed by atoms with E-state index >= 15 is 0 Å².